The van der Waals surface area contributed by atoms with Gasteiger partial charge in [-0.2, -0.15) is 0 Å². The molecule has 0 aliphatic heterocycles. The van der Waals surface area contributed by atoms with Crippen molar-refractivity contribution >= 4 is 11.6 Å². The minimum Gasteiger partial charge on any atom is -0.388 e. The number of carbonyl (C=O) groups is 1. The van der Waals surface area contributed by atoms with Crippen molar-refractivity contribution in [1.82, 2.24) is 5.43 Å². The summed E-state index contributed by atoms with van der Waals surface area (Å²) in [6.45, 7) is 0. The summed E-state index contributed by atoms with van der Waals surface area (Å²) in [7, 11) is 0. The van der Waals surface area contributed by atoms with Crippen molar-refractivity contribution in [2.45, 2.75) is 12.5 Å². The van der Waals surface area contributed by atoms with Crippen molar-refractivity contribution in [2.24, 2.45) is 0 Å². The predicted octanol–water partition coefficient (Wildman–Crippen LogP) is 2.53. The van der Waals surface area contributed by atoms with Crippen LogP contribution in [0, 0.1) is 11.6 Å². The third kappa shape index (κ3) is 4.54. The van der Waals surface area contributed by atoms with E-state index in [1.165, 1.54) is 0 Å². The third-order valence-corrected chi connectivity index (χ3v) is 2.77. The fourth-order valence-corrected chi connectivity index (χ4v) is 1.79. The molecular weight excluding hydrogens is 278 g/mol. The average Bonchev–Trinajstić information content (AvgIpc) is 2.45. The van der Waals surface area contributed by atoms with Crippen LogP contribution in [0.5, 0.6) is 0 Å². The van der Waals surface area contributed by atoms with E-state index < -0.39 is 23.6 Å². The zero-order valence-corrected chi connectivity index (χ0v) is 11.0. The normalized spacial score (nSPS) is 11.8. The second kappa shape index (κ2) is 6.81. The maximum Gasteiger partial charge on any atom is 0.241 e. The van der Waals surface area contributed by atoms with Gasteiger partial charge in [0, 0.05) is 6.07 Å². The Kier molecular flexibility index (Phi) is 4.84. The van der Waals surface area contributed by atoms with Crippen LogP contribution in [0.1, 0.15) is 18.1 Å². The van der Waals surface area contributed by atoms with Crippen LogP contribution in [0.15, 0.2) is 48.5 Å². The van der Waals surface area contributed by atoms with Crippen LogP contribution >= 0.6 is 0 Å². The Balaban J connectivity index is 1.87. The number of hydrogen-bond donors (Lipinski definition) is 3. The lowest BCUT2D eigenvalue weighted by Crippen LogP contribution is -2.30. The molecule has 0 radical (unpaired) electrons. The quantitative estimate of drug-likeness (QED) is 0.742. The predicted molar refractivity (Wildman–Crippen MR) is 74.1 cm³/mol. The summed E-state index contributed by atoms with van der Waals surface area (Å²) in [4.78, 5) is 11.6. The molecule has 0 fully saturated rings. The minimum absolute atomic E-state index is 0.0788. The van der Waals surface area contributed by atoms with Crippen molar-refractivity contribution in [3.63, 3.8) is 0 Å². The smallest absolute Gasteiger partial charge is 0.241 e. The number of nitrogens with one attached hydrogen (secondary N) is 2. The van der Waals surface area contributed by atoms with Gasteiger partial charge in [-0.1, -0.05) is 30.3 Å². The Bertz CT molecular complexity index is 600. The molecule has 0 saturated heterocycles. The number of amides is 1. The highest BCUT2D eigenvalue weighted by molar-refractivity contribution is 5.78. The van der Waals surface area contributed by atoms with Gasteiger partial charge < -0.3 is 5.11 Å². The first kappa shape index (κ1) is 14.9. The van der Waals surface area contributed by atoms with Gasteiger partial charge in [-0.15, -0.1) is 0 Å². The number of anilines is 1. The molecule has 110 valence electrons. The van der Waals surface area contributed by atoms with Crippen molar-refractivity contribution in [3.8, 4) is 0 Å². The summed E-state index contributed by atoms with van der Waals surface area (Å²) in [5.41, 5.74) is 5.36. The lowest BCUT2D eigenvalue weighted by atomic mass is 10.1. The standard InChI is InChI=1S/C15H14F2N2O2/c16-11-6-12(17)8-13(7-11)18-19-15(21)9-14(20)10-4-2-1-3-5-10/h1-8,14,18,20H,9H2,(H,19,21). The van der Waals surface area contributed by atoms with Crippen LogP contribution in [0.3, 0.4) is 0 Å². The average molecular weight is 292 g/mol. The number of rotatable bonds is 5. The van der Waals surface area contributed by atoms with Gasteiger partial charge in [-0.05, 0) is 17.7 Å². The summed E-state index contributed by atoms with van der Waals surface area (Å²) in [6, 6.07) is 11.5. The highest BCUT2D eigenvalue weighted by Crippen LogP contribution is 2.16. The van der Waals surface area contributed by atoms with E-state index in [2.05, 4.69) is 10.9 Å². The lowest BCUT2D eigenvalue weighted by Gasteiger charge is -2.12. The van der Waals surface area contributed by atoms with Gasteiger partial charge in [0.15, 0.2) is 0 Å². The van der Waals surface area contributed by atoms with Gasteiger partial charge in [0.2, 0.25) is 5.91 Å². The Labute approximate surface area is 120 Å². The fourth-order valence-electron chi connectivity index (χ4n) is 1.79. The molecular formula is C15H14F2N2O2. The monoisotopic (exact) mass is 292 g/mol. The van der Waals surface area contributed by atoms with Crippen LogP contribution < -0.4 is 10.9 Å². The first-order valence-electron chi connectivity index (χ1n) is 6.28. The number of hydrazine groups is 1. The molecule has 0 aliphatic rings. The van der Waals surface area contributed by atoms with Gasteiger partial charge in [0.1, 0.15) is 11.6 Å². The number of halogens is 2. The Morgan fingerprint density at radius 1 is 1.10 bits per heavy atom. The molecule has 0 heterocycles. The molecule has 4 nitrogen and oxygen atoms in total. The SMILES string of the molecule is O=C(CC(O)c1ccccc1)NNc1cc(F)cc(F)c1. The summed E-state index contributed by atoms with van der Waals surface area (Å²) in [6.07, 6.45) is -1.12. The van der Waals surface area contributed by atoms with E-state index >= 15 is 0 Å². The zero-order valence-electron chi connectivity index (χ0n) is 11.0. The topological polar surface area (TPSA) is 61.4 Å². The summed E-state index contributed by atoms with van der Waals surface area (Å²) < 4.78 is 25.9. The van der Waals surface area contributed by atoms with E-state index in [4.69, 9.17) is 0 Å². The molecule has 0 spiro atoms. The van der Waals surface area contributed by atoms with Gasteiger partial charge >= 0.3 is 0 Å². The highest BCUT2D eigenvalue weighted by atomic mass is 19.1. The van der Waals surface area contributed by atoms with Crippen LogP contribution in [-0.4, -0.2) is 11.0 Å². The van der Waals surface area contributed by atoms with Gasteiger partial charge in [-0.25, -0.2) is 8.78 Å². The summed E-state index contributed by atoms with van der Waals surface area (Å²) in [5, 5.41) is 9.87. The Morgan fingerprint density at radius 3 is 2.33 bits per heavy atom. The van der Waals surface area contributed by atoms with Crippen LogP contribution in [0.4, 0.5) is 14.5 Å². The number of aliphatic hydroxyl groups excluding tert-OH is 1. The number of hydrogen-bond acceptors (Lipinski definition) is 3. The minimum atomic E-state index is -0.947. The molecule has 0 bridgehead atoms. The van der Waals surface area contributed by atoms with E-state index in [9.17, 15) is 18.7 Å². The molecule has 2 aromatic carbocycles. The number of aliphatic hydroxyl groups is 1. The van der Waals surface area contributed by atoms with Crippen LogP contribution in [-0.2, 0) is 4.79 Å². The molecule has 0 saturated carbocycles. The molecule has 21 heavy (non-hydrogen) atoms. The first-order valence-corrected chi connectivity index (χ1v) is 6.28. The largest absolute Gasteiger partial charge is 0.388 e. The third-order valence-electron chi connectivity index (χ3n) is 2.77. The van der Waals surface area contributed by atoms with Crippen molar-refractivity contribution < 1.29 is 18.7 Å². The second-order valence-electron chi connectivity index (χ2n) is 4.46. The van der Waals surface area contributed by atoms with E-state index in [1.54, 1.807) is 30.3 Å². The molecule has 6 heteroatoms. The van der Waals surface area contributed by atoms with Gasteiger partial charge in [0.05, 0.1) is 18.2 Å². The Morgan fingerprint density at radius 2 is 1.71 bits per heavy atom. The lowest BCUT2D eigenvalue weighted by molar-refractivity contribution is -0.122. The van der Waals surface area contributed by atoms with Gasteiger partial charge in [0.25, 0.3) is 0 Å². The number of benzene rings is 2. The maximum atomic E-state index is 13.0. The number of carbonyl (C=O) groups excluding carboxylic acids is 1. The van der Waals surface area contributed by atoms with Gasteiger partial charge in [-0.3, -0.25) is 15.6 Å². The molecule has 2 aromatic rings. The zero-order chi connectivity index (χ0) is 15.2. The molecule has 0 aromatic heterocycles. The van der Waals surface area contributed by atoms with E-state index in [1.807, 2.05) is 0 Å². The summed E-state index contributed by atoms with van der Waals surface area (Å²) >= 11 is 0. The maximum absolute atomic E-state index is 13.0. The first-order chi connectivity index (χ1) is 10.0. The summed E-state index contributed by atoms with van der Waals surface area (Å²) in [5.74, 6) is -2.01. The van der Waals surface area contributed by atoms with E-state index in [-0.39, 0.29) is 12.1 Å². The highest BCUT2D eigenvalue weighted by Gasteiger charge is 2.12. The molecule has 1 amide bonds. The Hall–Kier alpha value is -2.47. The van der Waals surface area contributed by atoms with Crippen molar-refractivity contribution in [1.29, 1.82) is 0 Å². The fraction of sp³-hybridized carbons (Fsp3) is 0.133. The van der Waals surface area contributed by atoms with Crippen LogP contribution in [0.2, 0.25) is 0 Å². The molecule has 0 aliphatic carbocycles. The van der Waals surface area contributed by atoms with E-state index in [0.29, 0.717) is 5.56 Å². The molecule has 2 rings (SSSR count). The molecule has 3 N–H and O–H groups in total. The molecule has 1 unspecified atom stereocenters. The van der Waals surface area contributed by atoms with Crippen molar-refractivity contribution in [2.75, 3.05) is 5.43 Å². The molecule has 1 atom stereocenters. The van der Waals surface area contributed by atoms with E-state index in [0.717, 1.165) is 18.2 Å². The second-order valence-corrected chi connectivity index (χ2v) is 4.46. The van der Waals surface area contributed by atoms with Crippen molar-refractivity contribution in [3.05, 3.63) is 65.7 Å². The van der Waals surface area contributed by atoms with Crippen LogP contribution in [0.25, 0.3) is 0 Å².